The Morgan fingerprint density at radius 2 is 2.20 bits per heavy atom. The van der Waals surface area contributed by atoms with Gasteiger partial charge in [-0.3, -0.25) is 4.99 Å². The number of nitrogens with one attached hydrogen (secondary N) is 2. The Bertz CT molecular complexity index is 666. The second-order valence-electron chi connectivity index (χ2n) is 5.11. The van der Waals surface area contributed by atoms with Crippen LogP contribution in [0.4, 0.5) is 0 Å². The monoisotopic (exact) mass is 538 g/mol. The standard InChI is InChI=1S/C17H23BrN4OS.HI/c1-3-19-17(20-8-7-16-22-12-13(2)24-16)21-9-10-23-15-6-4-5-14(18)11-15;/h4-6,11-12H,3,7-10H2,1-2H3,(H2,19,20,21);1H. The fourth-order valence-electron chi connectivity index (χ4n) is 2.02. The molecule has 0 atom stereocenters. The van der Waals surface area contributed by atoms with Gasteiger partial charge in [-0.2, -0.15) is 0 Å². The van der Waals surface area contributed by atoms with Crippen LogP contribution in [0.5, 0.6) is 5.75 Å². The van der Waals surface area contributed by atoms with Crippen LogP contribution in [-0.4, -0.2) is 37.2 Å². The molecule has 0 saturated heterocycles. The minimum atomic E-state index is 0. The second-order valence-corrected chi connectivity index (χ2v) is 7.34. The van der Waals surface area contributed by atoms with Gasteiger partial charge in [0, 0.05) is 35.1 Å². The molecule has 0 bridgehead atoms. The van der Waals surface area contributed by atoms with Gasteiger partial charge >= 0.3 is 0 Å². The number of benzene rings is 1. The Labute approximate surface area is 178 Å². The van der Waals surface area contributed by atoms with Gasteiger partial charge in [0.1, 0.15) is 12.4 Å². The van der Waals surface area contributed by atoms with Gasteiger partial charge in [-0.25, -0.2) is 4.98 Å². The molecule has 0 fully saturated rings. The summed E-state index contributed by atoms with van der Waals surface area (Å²) in [5.74, 6) is 1.66. The van der Waals surface area contributed by atoms with Gasteiger partial charge in [-0.05, 0) is 32.0 Å². The van der Waals surface area contributed by atoms with Crippen molar-refractivity contribution in [1.29, 1.82) is 0 Å². The first-order valence-electron chi connectivity index (χ1n) is 7.99. The van der Waals surface area contributed by atoms with Crippen LogP contribution in [-0.2, 0) is 6.42 Å². The summed E-state index contributed by atoms with van der Waals surface area (Å²) in [6.45, 7) is 6.94. The molecule has 2 N–H and O–H groups in total. The largest absolute Gasteiger partial charge is 0.492 e. The number of aryl methyl sites for hydroxylation is 1. The highest BCUT2D eigenvalue weighted by Crippen LogP contribution is 2.17. The zero-order valence-electron chi connectivity index (χ0n) is 14.4. The van der Waals surface area contributed by atoms with Crippen molar-refractivity contribution in [3.63, 3.8) is 0 Å². The van der Waals surface area contributed by atoms with Gasteiger partial charge in [0.05, 0.1) is 11.6 Å². The maximum Gasteiger partial charge on any atom is 0.191 e. The van der Waals surface area contributed by atoms with Crippen molar-refractivity contribution in [2.45, 2.75) is 20.3 Å². The SMILES string of the molecule is CCNC(=NCCc1ncc(C)s1)NCCOc1cccc(Br)c1.I. The summed E-state index contributed by atoms with van der Waals surface area (Å²) in [5.41, 5.74) is 0. The van der Waals surface area contributed by atoms with Gasteiger partial charge in [-0.15, -0.1) is 35.3 Å². The first-order chi connectivity index (χ1) is 11.7. The molecule has 2 rings (SSSR count). The van der Waals surface area contributed by atoms with Crippen LogP contribution in [0.25, 0.3) is 0 Å². The number of nitrogens with zero attached hydrogens (tertiary/aromatic N) is 2. The number of hydrogen-bond donors (Lipinski definition) is 2. The quantitative estimate of drug-likeness (QED) is 0.231. The van der Waals surface area contributed by atoms with Crippen molar-refractivity contribution >= 4 is 57.2 Å². The molecule has 0 amide bonds. The van der Waals surface area contributed by atoms with Gasteiger partial charge in [0.2, 0.25) is 0 Å². The van der Waals surface area contributed by atoms with E-state index in [-0.39, 0.29) is 24.0 Å². The summed E-state index contributed by atoms with van der Waals surface area (Å²) in [6.07, 6.45) is 2.77. The maximum atomic E-state index is 5.71. The number of hydrogen-bond acceptors (Lipinski definition) is 4. The highest BCUT2D eigenvalue weighted by molar-refractivity contribution is 14.0. The first kappa shape index (κ1) is 22.2. The molecule has 25 heavy (non-hydrogen) atoms. The van der Waals surface area contributed by atoms with Crippen LogP contribution >= 0.6 is 51.2 Å². The van der Waals surface area contributed by atoms with E-state index in [1.165, 1.54) is 4.88 Å². The molecule has 0 saturated carbocycles. The molecule has 5 nitrogen and oxygen atoms in total. The third kappa shape index (κ3) is 8.87. The highest BCUT2D eigenvalue weighted by atomic mass is 127. The van der Waals surface area contributed by atoms with E-state index >= 15 is 0 Å². The lowest BCUT2D eigenvalue weighted by atomic mass is 10.3. The van der Waals surface area contributed by atoms with E-state index in [0.29, 0.717) is 13.2 Å². The van der Waals surface area contributed by atoms with Crippen molar-refractivity contribution < 1.29 is 4.74 Å². The molecule has 1 heterocycles. The van der Waals surface area contributed by atoms with E-state index < -0.39 is 0 Å². The Morgan fingerprint density at radius 1 is 1.36 bits per heavy atom. The Hall–Kier alpha value is -0.870. The molecule has 1 aromatic carbocycles. The Morgan fingerprint density at radius 3 is 2.88 bits per heavy atom. The summed E-state index contributed by atoms with van der Waals surface area (Å²) < 4.78 is 6.72. The maximum absolute atomic E-state index is 5.71. The molecular weight excluding hydrogens is 515 g/mol. The summed E-state index contributed by atoms with van der Waals surface area (Å²) in [4.78, 5) is 10.2. The van der Waals surface area contributed by atoms with Crippen LogP contribution in [0, 0.1) is 6.92 Å². The van der Waals surface area contributed by atoms with Crippen LogP contribution in [0.3, 0.4) is 0 Å². The molecule has 0 unspecified atom stereocenters. The second kappa shape index (κ2) is 12.5. The smallest absolute Gasteiger partial charge is 0.191 e. The van der Waals surface area contributed by atoms with Crippen LogP contribution in [0.15, 0.2) is 39.9 Å². The number of guanidine groups is 1. The molecule has 0 spiro atoms. The lowest BCUT2D eigenvalue weighted by Gasteiger charge is -2.12. The minimum Gasteiger partial charge on any atom is -0.492 e. The number of rotatable bonds is 8. The molecule has 138 valence electrons. The molecule has 0 aliphatic rings. The number of aromatic nitrogens is 1. The van der Waals surface area contributed by atoms with E-state index in [2.05, 4.69) is 50.4 Å². The van der Waals surface area contributed by atoms with E-state index in [0.717, 1.165) is 40.7 Å². The average Bonchev–Trinajstić information content (AvgIpc) is 2.97. The molecule has 2 aromatic rings. The molecule has 0 aliphatic carbocycles. The van der Waals surface area contributed by atoms with Crippen LogP contribution < -0.4 is 15.4 Å². The molecular formula is C17H24BrIN4OS. The summed E-state index contributed by atoms with van der Waals surface area (Å²) in [5, 5.41) is 7.65. The summed E-state index contributed by atoms with van der Waals surface area (Å²) in [7, 11) is 0. The lowest BCUT2D eigenvalue weighted by Crippen LogP contribution is -2.39. The van der Waals surface area contributed by atoms with Gasteiger partial charge < -0.3 is 15.4 Å². The van der Waals surface area contributed by atoms with Crippen LogP contribution in [0.1, 0.15) is 16.8 Å². The molecule has 8 heteroatoms. The fourth-order valence-corrected chi connectivity index (χ4v) is 3.17. The summed E-state index contributed by atoms with van der Waals surface area (Å²) in [6, 6.07) is 7.83. The Kier molecular flexibility index (Phi) is 11.1. The van der Waals surface area contributed by atoms with Crippen LogP contribution in [0.2, 0.25) is 0 Å². The number of halogens is 2. The van der Waals surface area contributed by atoms with Crippen molar-refractivity contribution in [3.8, 4) is 5.75 Å². The summed E-state index contributed by atoms with van der Waals surface area (Å²) >= 11 is 5.16. The van der Waals surface area contributed by atoms with Crippen molar-refractivity contribution in [1.82, 2.24) is 15.6 Å². The molecule has 0 aliphatic heterocycles. The number of aliphatic imine (C=N–C) groups is 1. The van der Waals surface area contributed by atoms with Gasteiger partial charge in [0.25, 0.3) is 0 Å². The average molecular weight is 539 g/mol. The highest BCUT2D eigenvalue weighted by Gasteiger charge is 2.00. The van der Waals surface area contributed by atoms with E-state index in [1.54, 1.807) is 11.3 Å². The lowest BCUT2D eigenvalue weighted by molar-refractivity contribution is 0.321. The predicted molar refractivity (Wildman–Crippen MR) is 120 cm³/mol. The van der Waals surface area contributed by atoms with E-state index in [1.807, 2.05) is 30.5 Å². The van der Waals surface area contributed by atoms with E-state index in [9.17, 15) is 0 Å². The van der Waals surface area contributed by atoms with Crippen molar-refractivity contribution in [3.05, 3.63) is 44.8 Å². The minimum absolute atomic E-state index is 0. The van der Waals surface area contributed by atoms with Crippen molar-refractivity contribution in [2.24, 2.45) is 4.99 Å². The van der Waals surface area contributed by atoms with Gasteiger partial charge in [-0.1, -0.05) is 22.0 Å². The van der Waals surface area contributed by atoms with Crippen molar-refractivity contribution in [2.75, 3.05) is 26.2 Å². The first-order valence-corrected chi connectivity index (χ1v) is 9.60. The molecule has 1 aromatic heterocycles. The zero-order chi connectivity index (χ0) is 17.2. The Balaban J connectivity index is 0.00000312. The fraction of sp³-hybridized carbons (Fsp3) is 0.412. The zero-order valence-corrected chi connectivity index (χ0v) is 19.2. The topological polar surface area (TPSA) is 58.5 Å². The predicted octanol–water partition coefficient (Wildman–Crippen LogP) is 4.01. The number of ether oxygens (including phenoxy) is 1. The normalized spacial score (nSPS) is 10.9. The van der Waals surface area contributed by atoms with Gasteiger partial charge in [0.15, 0.2) is 5.96 Å². The molecule has 0 radical (unpaired) electrons. The van der Waals surface area contributed by atoms with E-state index in [4.69, 9.17) is 4.74 Å². The third-order valence-corrected chi connectivity index (χ3v) is 4.53. The number of thiazole rings is 1. The third-order valence-electron chi connectivity index (χ3n) is 3.07.